The fourth-order valence-corrected chi connectivity index (χ4v) is 8.87. The SMILES string of the molecule is C[Si](C)(C)c1cnc(-c2[c-]cccc2)cc1C1CCCCC1.Cc1ccc2c(n1)oc1c[c-]c(-c3nccc4c3CCCC4)cc12.[Ir]. The standard InChI is InChI=1S/C21H17N2O.C20H26NSi.Ir/c1-13-6-8-17-18-12-15(7-9-19(18)24-21(17)23-13)20-16-5-3-2-4-14(16)10-11-22-20;1-22(2,3)20-15-21-19(17-12-8-5-9-13-17)14-18(20)16-10-6-4-7-11-16;/h6,8-12H,2-5H2,1H3;5,8-9,12,14-16H,4,6-7,10-11H2,1-3H3;/q2*-1;. The van der Waals surface area contributed by atoms with Crippen molar-refractivity contribution in [2.24, 2.45) is 0 Å². The summed E-state index contributed by atoms with van der Waals surface area (Å²) < 4.78 is 5.87. The number of hydrogen-bond acceptors (Lipinski definition) is 4. The van der Waals surface area contributed by atoms with Gasteiger partial charge in [0.15, 0.2) is 0 Å². The van der Waals surface area contributed by atoms with Gasteiger partial charge in [0.25, 0.3) is 0 Å². The van der Waals surface area contributed by atoms with E-state index in [0.717, 1.165) is 63.3 Å². The van der Waals surface area contributed by atoms with Crippen LogP contribution in [0.15, 0.2) is 77.5 Å². The van der Waals surface area contributed by atoms with E-state index in [1.807, 2.05) is 37.4 Å². The van der Waals surface area contributed by atoms with Crippen LogP contribution in [0, 0.1) is 19.1 Å². The predicted octanol–water partition coefficient (Wildman–Crippen LogP) is 10.2. The van der Waals surface area contributed by atoms with Gasteiger partial charge in [0.05, 0.1) is 13.7 Å². The molecule has 0 atom stereocenters. The van der Waals surface area contributed by atoms with Crippen LogP contribution in [0.5, 0.6) is 0 Å². The molecule has 0 aliphatic heterocycles. The third-order valence-electron chi connectivity index (χ3n) is 9.71. The zero-order chi connectivity index (χ0) is 31.7. The second-order valence-electron chi connectivity index (χ2n) is 14.1. The van der Waals surface area contributed by atoms with Crippen molar-refractivity contribution in [1.29, 1.82) is 0 Å². The van der Waals surface area contributed by atoms with E-state index in [9.17, 15) is 0 Å². The first-order valence-corrected chi connectivity index (χ1v) is 20.5. The third kappa shape index (κ3) is 7.21. The summed E-state index contributed by atoms with van der Waals surface area (Å²) in [7, 11) is -1.36. The Labute approximate surface area is 293 Å². The molecule has 1 radical (unpaired) electrons. The summed E-state index contributed by atoms with van der Waals surface area (Å²) in [5, 5.41) is 3.69. The van der Waals surface area contributed by atoms with Crippen LogP contribution in [0.4, 0.5) is 0 Å². The molecule has 2 aliphatic rings. The van der Waals surface area contributed by atoms with Crippen molar-refractivity contribution < 1.29 is 24.5 Å². The molecule has 4 nitrogen and oxygen atoms in total. The average Bonchev–Trinajstić information content (AvgIpc) is 3.45. The number of aryl methyl sites for hydroxylation is 2. The zero-order valence-electron chi connectivity index (χ0n) is 28.0. The van der Waals surface area contributed by atoms with Gasteiger partial charge in [0.1, 0.15) is 0 Å². The Morgan fingerprint density at radius 3 is 2.45 bits per heavy atom. The molecule has 0 unspecified atom stereocenters. The van der Waals surface area contributed by atoms with Crippen molar-refractivity contribution in [1.82, 2.24) is 15.0 Å². The molecule has 1 saturated carbocycles. The van der Waals surface area contributed by atoms with Crippen LogP contribution in [0.25, 0.3) is 44.6 Å². The summed E-state index contributed by atoms with van der Waals surface area (Å²) in [5.41, 5.74) is 11.2. The van der Waals surface area contributed by atoms with Crippen molar-refractivity contribution in [3.63, 3.8) is 0 Å². The molecule has 6 aromatic rings. The summed E-state index contributed by atoms with van der Waals surface area (Å²) >= 11 is 0. The molecule has 243 valence electrons. The first-order chi connectivity index (χ1) is 22.3. The molecule has 0 spiro atoms. The number of furan rings is 1. The summed E-state index contributed by atoms with van der Waals surface area (Å²) in [5.74, 6) is 0.737. The van der Waals surface area contributed by atoms with Crippen molar-refractivity contribution in [2.45, 2.75) is 90.3 Å². The molecule has 2 aliphatic carbocycles. The van der Waals surface area contributed by atoms with Crippen LogP contribution < -0.4 is 5.19 Å². The summed E-state index contributed by atoms with van der Waals surface area (Å²) in [6.45, 7) is 9.28. The van der Waals surface area contributed by atoms with Crippen molar-refractivity contribution in [3.05, 3.63) is 108 Å². The number of aromatic nitrogens is 3. The molecule has 47 heavy (non-hydrogen) atoms. The first-order valence-electron chi connectivity index (χ1n) is 17.0. The molecular weight excluding hydrogens is 771 g/mol. The zero-order valence-corrected chi connectivity index (χ0v) is 31.3. The largest absolute Gasteiger partial charge is 0.486 e. The minimum Gasteiger partial charge on any atom is -0.486 e. The quantitative estimate of drug-likeness (QED) is 0.131. The Balaban J connectivity index is 0.000000162. The van der Waals surface area contributed by atoms with Crippen LogP contribution >= 0.6 is 0 Å². The van der Waals surface area contributed by atoms with E-state index < -0.39 is 8.07 Å². The second-order valence-corrected chi connectivity index (χ2v) is 19.1. The van der Waals surface area contributed by atoms with Crippen LogP contribution in [0.2, 0.25) is 19.6 Å². The molecule has 0 amide bonds. The maximum atomic E-state index is 5.87. The molecular formula is C41H43IrN3OSi-2. The fourth-order valence-electron chi connectivity index (χ4n) is 7.27. The first kappa shape index (κ1) is 33.5. The van der Waals surface area contributed by atoms with Gasteiger partial charge >= 0.3 is 0 Å². The summed E-state index contributed by atoms with van der Waals surface area (Å²) in [6.07, 6.45) is 15.7. The molecule has 2 aromatic carbocycles. The molecule has 4 aromatic heterocycles. The molecule has 0 bridgehead atoms. The number of rotatable bonds is 4. The van der Waals surface area contributed by atoms with Gasteiger partial charge in [0, 0.05) is 43.6 Å². The van der Waals surface area contributed by atoms with Crippen LogP contribution in [-0.2, 0) is 32.9 Å². The van der Waals surface area contributed by atoms with Crippen LogP contribution in [0.3, 0.4) is 0 Å². The van der Waals surface area contributed by atoms with E-state index >= 15 is 0 Å². The van der Waals surface area contributed by atoms with Gasteiger partial charge in [-0.3, -0.25) is 0 Å². The van der Waals surface area contributed by atoms with E-state index in [1.54, 1.807) is 10.8 Å². The van der Waals surface area contributed by atoms with Gasteiger partial charge in [0.2, 0.25) is 5.71 Å². The Hall–Kier alpha value is -3.44. The van der Waals surface area contributed by atoms with Gasteiger partial charge in [-0.15, -0.1) is 59.7 Å². The number of benzene rings is 2. The molecule has 4 heterocycles. The van der Waals surface area contributed by atoms with E-state index in [2.05, 4.69) is 84.3 Å². The van der Waals surface area contributed by atoms with E-state index in [0.29, 0.717) is 5.71 Å². The molecule has 0 N–H and O–H groups in total. The maximum Gasteiger partial charge on any atom is 0.216 e. The normalized spacial score (nSPS) is 15.1. The Kier molecular flexibility index (Phi) is 10.2. The van der Waals surface area contributed by atoms with Crippen LogP contribution in [0.1, 0.15) is 73.2 Å². The second kappa shape index (κ2) is 14.4. The van der Waals surface area contributed by atoms with E-state index in [1.165, 1.54) is 56.1 Å². The fraction of sp³-hybridized carbons (Fsp3) is 0.341. The van der Waals surface area contributed by atoms with Crippen LogP contribution in [-0.4, -0.2) is 23.0 Å². The molecule has 0 saturated heterocycles. The van der Waals surface area contributed by atoms with Crippen molar-refractivity contribution in [3.8, 4) is 22.5 Å². The summed E-state index contributed by atoms with van der Waals surface area (Å²) in [4.78, 5) is 13.9. The topological polar surface area (TPSA) is 51.8 Å². The van der Waals surface area contributed by atoms with Gasteiger partial charge in [-0.1, -0.05) is 67.0 Å². The minimum absolute atomic E-state index is 0. The van der Waals surface area contributed by atoms with Gasteiger partial charge < -0.3 is 14.4 Å². The Morgan fingerprint density at radius 1 is 0.830 bits per heavy atom. The minimum atomic E-state index is -1.36. The number of fused-ring (bicyclic) bond motifs is 4. The van der Waals surface area contributed by atoms with Gasteiger partial charge in [-0.05, 0) is 86.1 Å². The van der Waals surface area contributed by atoms with E-state index in [-0.39, 0.29) is 20.1 Å². The third-order valence-corrected chi connectivity index (χ3v) is 11.7. The predicted molar refractivity (Wildman–Crippen MR) is 192 cm³/mol. The van der Waals surface area contributed by atoms with Gasteiger partial charge in [-0.2, -0.15) is 0 Å². The number of pyridine rings is 3. The number of nitrogens with zero attached hydrogens (tertiary/aromatic N) is 3. The Morgan fingerprint density at radius 2 is 1.66 bits per heavy atom. The smallest absolute Gasteiger partial charge is 0.216 e. The monoisotopic (exact) mass is 814 g/mol. The Bertz CT molecular complexity index is 1990. The maximum absolute atomic E-state index is 5.87. The summed E-state index contributed by atoms with van der Waals surface area (Å²) in [6, 6.07) is 27.6. The number of hydrogen-bond donors (Lipinski definition) is 0. The van der Waals surface area contributed by atoms with E-state index in [4.69, 9.17) is 9.40 Å². The molecule has 1 fully saturated rings. The molecule has 6 heteroatoms. The van der Waals surface area contributed by atoms with Crippen molar-refractivity contribution >= 4 is 35.3 Å². The molecule has 8 rings (SSSR count). The van der Waals surface area contributed by atoms with Crippen molar-refractivity contribution in [2.75, 3.05) is 0 Å². The average molecular weight is 814 g/mol. The van der Waals surface area contributed by atoms with Gasteiger partial charge in [-0.25, -0.2) is 4.98 Å².